The van der Waals surface area contributed by atoms with Crippen LogP contribution in [0.5, 0.6) is 0 Å². The maximum atomic E-state index is 2.70. The van der Waals surface area contributed by atoms with Crippen molar-refractivity contribution in [3.8, 4) is 0 Å². The Balaban J connectivity index is 1.58. The molecule has 2 heteroatoms. The van der Waals surface area contributed by atoms with Gasteiger partial charge >= 0.3 is 0 Å². The molecule has 0 amide bonds. The number of allylic oxidation sites excluding steroid dienone is 2. The largest absolute Gasteiger partial charge is 0.324 e. The zero-order valence-corrected chi connectivity index (χ0v) is 21.5. The van der Waals surface area contributed by atoms with Crippen molar-refractivity contribution in [2.75, 3.05) is 4.90 Å². The molecule has 0 aromatic heterocycles. The molecule has 2 fully saturated rings. The van der Waals surface area contributed by atoms with Crippen LogP contribution in [0.15, 0.2) is 66.1 Å². The third-order valence-electron chi connectivity index (χ3n) is 9.63. The summed E-state index contributed by atoms with van der Waals surface area (Å²) in [5, 5.41) is 0. The molecule has 0 bridgehead atoms. The second-order valence-corrected chi connectivity index (χ2v) is 11.4. The summed E-state index contributed by atoms with van der Waals surface area (Å²) in [6, 6.07) is 15.8. The summed E-state index contributed by atoms with van der Waals surface area (Å²) in [6.07, 6.45) is 16.6. The van der Waals surface area contributed by atoms with Crippen molar-refractivity contribution in [1.29, 1.82) is 0 Å². The van der Waals surface area contributed by atoms with Gasteiger partial charge in [0.2, 0.25) is 0 Å². The molecule has 178 valence electrons. The van der Waals surface area contributed by atoms with Crippen molar-refractivity contribution in [1.82, 2.24) is 4.90 Å². The van der Waals surface area contributed by atoms with Crippen LogP contribution in [-0.4, -0.2) is 4.90 Å². The number of fused-ring (bicyclic) bond motifs is 1. The van der Waals surface area contributed by atoms with Crippen molar-refractivity contribution < 1.29 is 0 Å². The van der Waals surface area contributed by atoms with Crippen molar-refractivity contribution in [3.05, 3.63) is 88.4 Å². The van der Waals surface area contributed by atoms with Crippen LogP contribution in [0.3, 0.4) is 0 Å². The first-order valence-electron chi connectivity index (χ1n) is 13.6. The van der Waals surface area contributed by atoms with E-state index in [0.717, 1.165) is 11.8 Å². The van der Waals surface area contributed by atoms with Crippen LogP contribution < -0.4 is 4.90 Å². The summed E-state index contributed by atoms with van der Waals surface area (Å²) in [4.78, 5) is 5.38. The predicted molar refractivity (Wildman–Crippen MR) is 142 cm³/mol. The second-order valence-electron chi connectivity index (χ2n) is 11.4. The number of rotatable bonds is 4. The minimum Gasteiger partial charge on any atom is -0.324 e. The quantitative estimate of drug-likeness (QED) is 0.458. The van der Waals surface area contributed by atoms with E-state index in [1.165, 1.54) is 85.0 Å². The average Bonchev–Trinajstić information content (AvgIpc) is 3.62. The number of anilines is 1. The zero-order chi connectivity index (χ0) is 23.4. The van der Waals surface area contributed by atoms with Gasteiger partial charge in [-0.2, -0.15) is 0 Å². The van der Waals surface area contributed by atoms with Gasteiger partial charge in [-0.1, -0.05) is 68.2 Å². The molecule has 2 heterocycles. The summed E-state index contributed by atoms with van der Waals surface area (Å²) < 4.78 is 0. The fourth-order valence-electron chi connectivity index (χ4n) is 8.15. The van der Waals surface area contributed by atoms with Crippen LogP contribution in [-0.2, 0) is 0 Å². The predicted octanol–water partition coefficient (Wildman–Crippen LogP) is 8.56. The normalized spacial score (nSPS) is 24.6. The molecule has 0 N–H and O–H groups in total. The van der Waals surface area contributed by atoms with Crippen molar-refractivity contribution in [2.24, 2.45) is 17.3 Å². The molecule has 4 aliphatic rings. The van der Waals surface area contributed by atoms with E-state index >= 15 is 0 Å². The SMILES string of the molecule is CC1=C2N(C=CC2(C2CCCC2)C2CCCC2)C(c2c(C)cccc2C)N1c1ccccc1C. The third kappa shape index (κ3) is 3.06. The van der Waals surface area contributed by atoms with Gasteiger partial charge in [-0.05, 0) is 88.0 Å². The smallest absolute Gasteiger partial charge is 0.136 e. The molecule has 2 saturated carbocycles. The molecule has 34 heavy (non-hydrogen) atoms. The van der Waals surface area contributed by atoms with E-state index in [2.05, 4.69) is 92.2 Å². The van der Waals surface area contributed by atoms with Crippen LogP contribution in [0.4, 0.5) is 5.69 Å². The summed E-state index contributed by atoms with van der Waals surface area (Å²) in [6.45, 7) is 9.29. The second kappa shape index (κ2) is 8.33. The Morgan fingerprint density at radius 3 is 1.85 bits per heavy atom. The minimum absolute atomic E-state index is 0.193. The highest BCUT2D eigenvalue weighted by atomic mass is 15.4. The van der Waals surface area contributed by atoms with Crippen LogP contribution in [0, 0.1) is 38.0 Å². The number of hydrogen-bond donors (Lipinski definition) is 0. The van der Waals surface area contributed by atoms with E-state index in [4.69, 9.17) is 0 Å². The molecule has 2 aliphatic heterocycles. The maximum absolute atomic E-state index is 2.70. The third-order valence-corrected chi connectivity index (χ3v) is 9.63. The number of aryl methyl sites for hydroxylation is 3. The Bertz CT molecular complexity index is 1110. The minimum atomic E-state index is 0.193. The van der Waals surface area contributed by atoms with Crippen LogP contribution >= 0.6 is 0 Å². The number of para-hydroxylation sites is 1. The Hall–Kier alpha value is -2.48. The van der Waals surface area contributed by atoms with Crippen molar-refractivity contribution in [3.63, 3.8) is 0 Å². The van der Waals surface area contributed by atoms with Crippen LogP contribution in [0.1, 0.15) is 86.7 Å². The lowest BCUT2D eigenvalue weighted by Gasteiger charge is -2.42. The lowest BCUT2D eigenvalue weighted by Crippen LogP contribution is -2.37. The molecule has 2 aromatic rings. The van der Waals surface area contributed by atoms with Gasteiger partial charge in [0.1, 0.15) is 6.17 Å². The summed E-state index contributed by atoms with van der Waals surface area (Å²) >= 11 is 0. The van der Waals surface area contributed by atoms with Gasteiger partial charge in [-0.15, -0.1) is 0 Å². The summed E-state index contributed by atoms with van der Waals surface area (Å²) in [5.74, 6) is 1.58. The van der Waals surface area contributed by atoms with E-state index in [0.29, 0.717) is 0 Å². The molecule has 2 nitrogen and oxygen atoms in total. The standard InChI is InChI=1S/C32H40N2/c1-22-12-5-10-19-28(22)34-25(4)30-32(26-15-6-7-16-26,27-17-8-9-18-27)20-21-33(30)31(34)29-23(2)13-11-14-24(29)3/h5,10-14,19-21,26-27,31H,6-9,15-18H2,1-4H3. The lowest BCUT2D eigenvalue weighted by molar-refractivity contribution is 0.157. The molecular weight excluding hydrogens is 412 g/mol. The van der Waals surface area contributed by atoms with Gasteiger partial charge in [0, 0.05) is 34.3 Å². The molecule has 1 atom stereocenters. The van der Waals surface area contributed by atoms with Crippen molar-refractivity contribution in [2.45, 2.75) is 85.2 Å². The zero-order valence-electron chi connectivity index (χ0n) is 21.5. The fraction of sp³-hybridized carbons (Fsp3) is 0.500. The topological polar surface area (TPSA) is 6.48 Å². The molecule has 2 aromatic carbocycles. The first-order valence-corrected chi connectivity index (χ1v) is 13.6. The van der Waals surface area contributed by atoms with E-state index in [1.807, 2.05) is 0 Å². The molecule has 1 unspecified atom stereocenters. The van der Waals surface area contributed by atoms with Crippen LogP contribution in [0.2, 0.25) is 0 Å². The molecule has 0 radical (unpaired) electrons. The molecule has 6 rings (SSSR count). The Labute approximate surface area is 206 Å². The van der Waals surface area contributed by atoms with E-state index < -0.39 is 0 Å². The van der Waals surface area contributed by atoms with Gasteiger partial charge < -0.3 is 9.80 Å². The van der Waals surface area contributed by atoms with Gasteiger partial charge in [0.05, 0.1) is 0 Å². The van der Waals surface area contributed by atoms with Gasteiger partial charge in [0.25, 0.3) is 0 Å². The van der Waals surface area contributed by atoms with Crippen LogP contribution in [0.25, 0.3) is 0 Å². The van der Waals surface area contributed by atoms with Gasteiger partial charge in [-0.3, -0.25) is 0 Å². The maximum Gasteiger partial charge on any atom is 0.136 e. The molecular formula is C32H40N2. The highest BCUT2D eigenvalue weighted by Gasteiger charge is 2.57. The summed E-state index contributed by atoms with van der Waals surface area (Å²) in [7, 11) is 0. The van der Waals surface area contributed by atoms with E-state index in [-0.39, 0.29) is 11.6 Å². The Kier molecular flexibility index (Phi) is 5.39. The highest BCUT2D eigenvalue weighted by Crippen LogP contribution is 2.63. The number of hydrogen-bond acceptors (Lipinski definition) is 2. The Morgan fingerprint density at radius 1 is 0.706 bits per heavy atom. The monoisotopic (exact) mass is 452 g/mol. The van der Waals surface area contributed by atoms with Crippen molar-refractivity contribution >= 4 is 5.69 Å². The lowest BCUT2D eigenvalue weighted by atomic mass is 9.63. The van der Waals surface area contributed by atoms with Gasteiger partial charge in [0.15, 0.2) is 0 Å². The average molecular weight is 453 g/mol. The number of nitrogens with zero attached hydrogens (tertiary/aromatic N) is 2. The Morgan fingerprint density at radius 2 is 1.26 bits per heavy atom. The first kappa shape index (κ1) is 22.0. The molecule has 2 aliphatic carbocycles. The van der Waals surface area contributed by atoms with E-state index in [1.54, 1.807) is 5.70 Å². The molecule has 0 spiro atoms. The van der Waals surface area contributed by atoms with Gasteiger partial charge in [-0.25, -0.2) is 0 Å². The fourth-order valence-corrected chi connectivity index (χ4v) is 8.15. The van der Waals surface area contributed by atoms with E-state index in [9.17, 15) is 0 Å². The number of benzene rings is 2. The first-order chi connectivity index (χ1) is 16.5. The molecule has 0 saturated heterocycles. The highest BCUT2D eigenvalue weighted by molar-refractivity contribution is 5.65. The summed E-state index contributed by atoms with van der Waals surface area (Å²) in [5.41, 5.74) is 10.3.